The smallest absolute Gasteiger partial charge is 0.279 e. The summed E-state index contributed by atoms with van der Waals surface area (Å²) in [6.07, 6.45) is 0.712. The lowest BCUT2D eigenvalue weighted by Gasteiger charge is -2.20. The highest BCUT2D eigenvalue weighted by molar-refractivity contribution is 7.89. The van der Waals surface area contributed by atoms with Crippen LogP contribution in [0.1, 0.15) is 36.5 Å². The number of nitrogens with zero attached hydrogens (tertiary/aromatic N) is 5. The van der Waals surface area contributed by atoms with Crippen molar-refractivity contribution in [1.29, 1.82) is 10.5 Å². The Morgan fingerprint density at radius 2 is 1.76 bits per heavy atom. The van der Waals surface area contributed by atoms with Crippen molar-refractivity contribution in [3.05, 3.63) is 58.6 Å². The maximum absolute atomic E-state index is 14.4. The number of halogens is 1. The van der Waals surface area contributed by atoms with Gasteiger partial charge in [-0.25, -0.2) is 12.8 Å². The largest absolute Gasteiger partial charge is 0.314 e. The first-order chi connectivity index (χ1) is 16.3. The van der Waals surface area contributed by atoms with Crippen LogP contribution in [0.2, 0.25) is 0 Å². The van der Waals surface area contributed by atoms with Gasteiger partial charge in [-0.2, -0.15) is 19.8 Å². The standard InChI is InChI=1S/C23H22FN5O3S2/c1-2-14-29-21-19(24)6-3-7-20(21)33-23(29)27-22(30)17-8-10-18(11-9-17)34(31,32)28(15-4-12-25)16-5-13-26/h3,6-11H,2,4-5,14-16H2,1H3. The molecule has 3 aromatic rings. The predicted molar refractivity (Wildman–Crippen MR) is 126 cm³/mol. The molecule has 0 radical (unpaired) electrons. The number of aromatic nitrogens is 1. The molecule has 34 heavy (non-hydrogen) atoms. The van der Waals surface area contributed by atoms with Crippen LogP contribution in [0.4, 0.5) is 4.39 Å². The summed E-state index contributed by atoms with van der Waals surface area (Å²) in [5, 5.41) is 17.6. The van der Waals surface area contributed by atoms with Crippen LogP contribution >= 0.6 is 11.3 Å². The van der Waals surface area contributed by atoms with Gasteiger partial charge in [0.05, 0.1) is 27.3 Å². The zero-order chi connectivity index (χ0) is 24.7. The van der Waals surface area contributed by atoms with E-state index in [1.54, 1.807) is 16.7 Å². The van der Waals surface area contributed by atoms with Crippen molar-refractivity contribution in [1.82, 2.24) is 8.87 Å². The Hall–Kier alpha value is -3.38. The molecule has 0 bridgehead atoms. The van der Waals surface area contributed by atoms with Crippen LogP contribution < -0.4 is 4.80 Å². The zero-order valence-corrected chi connectivity index (χ0v) is 20.1. The molecule has 0 saturated heterocycles. The van der Waals surface area contributed by atoms with Gasteiger partial charge in [0.2, 0.25) is 10.0 Å². The molecule has 3 rings (SSSR count). The first kappa shape index (κ1) is 25.2. The molecule has 0 saturated carbocycles. The summed E-state index contributed by atoms with van der Waals surface area (Å²) in [5.74, 6) is -0.963. The second-order valence-electron chi connectivity index (χ2n) is 7.28. The fourth-order valence-electron chi connectivity index (χ4n) is 3.37. The molecule has 0 aliphatic heterocycles. The first-order valence-corrected chi connectivity index (χ1v) is 12.8. The molecule has 0 aliphatic rings. The van der Waals surface area contributed by atoms with Gasteiger partial charge >= 0.3 is 0 Å². The topological polar surface area (TPSA) is 119 Å². The van der Waals surface area contributed by atoms with Gasteiger partial charge < -0.3 is 4.57 Å². The molecule has 0 N–H and O–H groups in total. The van der Waals surface area contributed by atoms with E-state index >= 15 is 0 Å². The zero-order valence-electron chi connectivity index (χ0n) is 18.4. The Morgan fingerprint density at radius 3 is 2.35 bits per heavy atom. The molecule has 176 valence electrons. The molecule has 11 heteroatoms. The molecule has 2 aromatic carbocycles. The number of benzene rings is 2. The van der Waals surface area contributed by atoms with Gasteiger partial charge in [-0.05, 0) is 42.8 Å². The van der Waals surface area contributed by atoms with Crippen molar-refractivity contribution in [2.75, 3.05) is 13.1 Å². The summed E-state index contributed by atoms with van der Waals surface area (Å²) < 4.78 is 43.7. The minimum Gasteiger partial charge on any atom is -0.314 e. The maximum Gasteiger partial charge on any atom is 0.279 e. The highest BCUT2D eigenvalue weighted by Gasteiger charge is 2.24. The van der Waals surface area contributed by atoms with Gasteiger partial charge in [0.15, 0.2) is 4.80 Å². The van der Waals surface area contributed by atoms with Crippen molar-refractivity contribution < 1.29 is 17.6 Å². The average molecular weight is 500 g/mol. The number of para-hydroxylation sites is 1. The summed E-state index contributed by atoms with van der Waals surface area (Å²) in [6, 6.07) is 13.9. The molecular weight excluding hydrogens is 477 g/mol. The number of hydrogen-bond donors (Lipinski definition) is 0. The molecule has 0 unspecified atom stereocenters. The van der Waals surface area contributed by atoms with Crippen LogP contribution in [0.25, 0.3) is 10.2 Å². The fourth-order valence-corrected chi connectivity index (χ4v) is 5.89. The number of rotatable bonds is 9. The normalized spacial score (nSPS) is 12.1. The third kappa shape index (κ3) is 5.39. The molecule has 0 atom stereocenters. The van der Waals surface area contributed by atoms with Crippen LogP contribution in [0, 0.1) is 28.5 Å². The predicted octanol–water partition coefficient (Wildman–Crippen LogP) is 3.81. The van der Waals surface area contributed by atoms with Crippen molar-refractivity contribution in [3.8, 4) is 12.1 Å². The molecule has 1 heterocycles. The van der Waals surface area contributed by atoms with E-state index < -0.39 is 15.9 Å². The third-order valence-electron chi connectivity index (χ3n) is 4.98. The number of sulfonamides is 1. The number of fused-ring (bicyclic) bond motifs is 1. The summed E-state index contributed by atoms with van der Waals surface area (Å²) in [6.45, 7) is 2.37. The SMILES string of the molecule is CCCn1c(=NC(=O)c2ccc(S(=O)(=O)N(CCC#N)CCC#N)cc2)sc2cccc(F)c21. The van der Waals surface area contributed by atoms with Crippen LogP contribution in [0.5, 0.6) is 0 Å². The van der Waals surface area contributed by atoms with E-state index in [2.05, 4.69) is 4.99 Å². The number of carbonyl (C=O) groups is 1. The quantitative estimate of drug-likeness (QED) is 0.443. The van der Waals surface area contributed by atoms with Crippen molar-refractivity contribution >= 4 is 37.5 Å². The van der Waals surface area contributed by atoms with E-state index in [-0.39, 0.29) is 42.2 Å². The molecule has 1 aromatic heterocycles. The number of aryl methyl sites for hydroxylation is 1. The Balaban J connectivity index is 1.93. The maximum atomic E-state index is 14.4. The highest BCUT2D eigenvalue weighted by Crippen LogP contribution is 2.21. The van der Waals surface area contributed by atoms with Gasteiger partial charge in [0.1, 0.15) is 5.82 Å². The summed E-state index contributed by atoms with van der Waals surface area (Å²) in [5.41, 5.74) is 0.581. The van der Waals surface area contributed by atoms with E-state index in [0.717, 1.165) is 10.7 Å². The number of amides is 1. The van der Waals surface area contributed by atoms with E-state index in [1.165, 1.54) is 41.7 Å². The van der Waals surface area contributed by atoms with Gasteiger partial charge in [-0.1, -0.05) is 24.3 Å². The van der Waals surface area contributed by atoms with E-state index in [0.29, 0.717) is 21.6 Å². The number of thiazole rings is 1. The van der Waals surface area contributed by atoms with Gasteiger partial charge in [0, 0.05) is 38.0 Å². The first-order valence-electron chi connectivity index (χ1n) is 10.5. The lowest BCUT2D eigenvalue weighted by molar-refractivity contribution is 0.0997. The average Bonchev–Trinajstić information content (AvgIpc) is 3.17. The molecule has 0 fully saturated rings. The summed E-state index contributed by atoms with van der Waals surface area (Å²) in [7, 11) is -3.94. The monoisotopic (exact) mass is 499 g/mol. The van der Waals surface area contributed by atoms with Gasteiger partial charge in [-0.15, -0.1) is 0 Å². The number of hydrogen-bond acceptors (Lipinski definition) is 6. The Labute approximate surface area is 200 Å². The number of nitriles is 2. The Morgan fingerprint density at radius 1 is 1.12 bits per heavy atom. The van der Waals surface area contributed by atoms with Crippen molar-refractivity contribution in [3.63, 3.8) is 0 Å². The van der Waals surface area contributed by atoms with Crippen LogP contribution in [-0.2, 0) is 16.6 Å². The minimum atomic E-state index is -3.94. The van der Waals surface area contributed by atoms with E-state index in [4.69, 9.17) is 10.5 Å². The summed E-state index contributed by atoms with van der Waals surface area (Å²) in [4.78, 5) is 17.3. The van der Waals surface area contributed by atoms with Crippen LogP contribution in [-0.4, -0.2) is 36.3 Å². The number of carbonyl (C=O) groups excluding carboxylic acids is 1. The van der Waals surface area contributed by atoms with Gasteiger partial charge in [0.25, 0.3) is 5.91 Å². The Bertz CT molecular complexity index is 1430. The third-order valence-corrected chi connectivity index (χ3v) is 7.94. The second-order valence-corrected chi connectivity index (χ2v) is 10.2. The minimum absolute atomic E-state index is 0.00632. The second kappa shape index (κ2) is 11.2. The lowest BCUT2D eigenvalue weighted by atomic mass is 10.2. The fraction of sp³-hybridized carbons (Fsp3) is 0.304. The van der Waals surface area contributed by atoms with Crippen LogP contribution in [0.15, 0.2) is 52.4 Å². The molecule has 8 nitrogen and oxygen atoms in total. The lowest BCUT2D eigenvalue weighted by Crippen LogP contribution is -2.32. The molecule has 1 amide bonds. The summed E-state index contributed by atoms with van der Waals surface area (Å²) >= 11 is 1.21. The molecular formula is C23H22FN5O3S2. The van der Waals surface area contributed by atoms with Gasteiger partial charge in [-0.3, -0.25) is 4.79 Å². The van der Waals surface area contributed by atoms with Crippen LogP contribution in [0.3, 0.4) is 0 Å². The molecule has 0 aliphatic carbocycles. The Kier molecular flexibility index (Phi) is 8.29. The van der Waals surface area contributed by atoms with Crippen molar-refractivity contribution in [2.45, 2.75) is 37.6 Å². The van der Waals surface area contributed by atoms with Crippen molar-refractivity contribution in [2.24, 2.45) is 4.99 Å². The molecule has 0 spiro atoms. The highest BCUT2D eigenvalue weighted by atomic mass is 32.2. The van der Waals surface area contributed by atoms with E-state index in [1.807, 2.05) is 19.1 Å². The van der Waals surface area contributed by atoms with E-state index in [9.17, 15) is 17.6 Å².